The van der Waals surface area contributed by atoms with E-state index in [1.54, 1.807) is 18.2 Å². The molecule has 0 spiro atoms. The summed E-state index contributed by atoms with van der Waals surface area (Å²) in [6, 6.07) is 5.01. The van der Waals surface area contributed by atoms with E-state index >= 15 is 0 Å². The highest BCUT2D eigenvalue weighted by molar-refractivity contribution is 5.86. The van der Waals surface area contributed by atoms with Gasteiger partial charge in [-0.05, 0) is 12.1 Å². The molecule has 2 N–H and O–H groups in total. The maximum Gasteiger partial charge on any atom is 0.342 e. The Morgan fingerprint density at radius 3 is 2.80 bits per heavy atom. The predicted octanol–water partition coefficient (Wildman–Crippen LogP) is 0.259. The molecule has 15 heavy (non-hydrogen) atoms. The SMILES string of the molecule is O=C(O)c1c[nH]n(-c2ccccn2)c1=O. The summed E-state index contributed by atoms with van der Waals surface area (Å²) in [6.45, 7) is 0. The molecule has 0 aromatic carbocycles. The van der Waals surface area contributed by atoms with Gasteiger partial charge in [0.25, 0.3) is 5.56 Å². The fraction of sp³-hybridized carbons (Fsp3) is 0. The summed E-state index contributed by atoms with van der Waals surface area (Å²) < 4.78 is 1.07. The molecule has 0 bridgehead atoms. The van der Waals surface area contributed by atoms with Crippen LogP contribution in [0, 0.1) is 0 Å². The second kappa shape index (κ2) is 3.41. The molecule has 0 aliphatic rings. The van der Waals surface area contributed by atoms with E-state index in [4.69, 9.17) is 5.11 Å². The third kappa shape index (κ3) is 1.52. The van der Waals surface area contributed by atoms with E-state index in [2.05, 4.69) is 10.1 Å². The van der Waals surface area contributed by atoms with Crippen molar-refractivity contribution in [2.24, 2.45) is 0 Å². The molecule has 0 radical (unpaired) electrons. The Hall–Kier alpha value is -2.37. The van der Waals surface area contributed by atoms with Crippen LogP contribution in [0.4, 0.5) is 0 Å². The van der Waals surface area contributed by atoms with Crippen LogP contribution in [-0.4, -0.2) is 25.8 Å². The number of nitrogens with one attached hydrogen (secondary N) is 1. The van der Waals surface area contributed by atoms with Gasteiger partial charge >= 0.3 is 5.97 Å². The molecule has 0 aliphatic heterocycles. The first kappa shape index (κ1) is 9.20. The van der Waals surface area contributed by atoms with Crippen LogP contribution < -0.4 is 5.56 Å². The highest BCUT2D eigenvalue weighted by atomic mass is 16.4. The standard InChI is InChI=1S/C9H7N3O3/c13-8-6(9(14)15)5-11-12(8)7-3-1-2-4-10-7/h1-5,11H,(H,14,15). The Labute approximate surface area is 83.8 Å². The van der Waals surface area contributed by atoms with E-state index in [1.807, 2.05) is 0 Å². The monoisotopic (exact) mass is 205 g/mol. The largest absolute Gasteiger partial charge is 0.477 e. The summed E-state index contributed by atoms with van der Waals surface area (Å²) in [7, 11) is 0. The topological polar surface area (TPSA) is 88.0 Å². The average Bonchev–Trinajstić information content (AvgIpc) is 2.61. The van der Waals surface area contributed by atoms with Crippen LogP contribution in [0.15, 0.2) is 35.4 Å². The number of aromatic amines is 1. The predicted molar refractivity (Wildman–Crippen MR) is 51.1 cm³/mol. The Morgan fingerprint density at radius 2 is 2.27 bits per heavy atom. The van der Waals surface area contributed by atoms with Crippen molar-refractivity contribution < 1.29 is 9.90 Å². The number of carbonyl (C=O) groups is 1. The van der Waals surface area contributed by atoms with E-state index in [-0.39, 0.29) is 5.56 Å². The fourth-order valence-electron chi connectivity index (χ4n) is 1.18. The number of H-pyrrole nitrogens is 1. The van der Waals surface area contributed by atoms with Gasteiger partial charge in [0.05, 0.1) is 0 Å². The second-order valence-corrected chi connectivity index (χ2v) is 2.82. The quantitative estimate of drug-likeness (QED) is 0.736. The van der Waals surface area contributed by atoms with Crippen LogP contribution >= 0.6 is 0 Å². The molecular weight excluding hydrogens is 198 g/mol. The molecule has 0 aliphatic carbocycles. The van der Waals surface area contributed by atoms with Crippen LogP contribution in [0.2, 0.25) is 0 Å². The van der Waals surface area contributed by atoms with Crippen molar-refractivity contribution in [1.29, 1.82) is 0 Å². The lowest BCUT2D eigenvalue weighted by molar-refractivity contribution is 0.0695. The van der Waals surface area contributed by atoms with E-state index < -0.39 is 11.5 Å². The summed E-state index contributed by atoms with van der Waals surface area (Å²) in [6.07, 6.45) is 2.66. The van der Waals surface area contributed by atoms with Gasteiger partial charge in [-0.3, -0.25) is 9.89 Å². The summed E-state index contributed by atoms with van der Waals surface area (Å²) >= 11 is 0. The normalized spacial score (nSPS) is 10.1. The molecule has 2 aromatic heterocycles. The molecule has 6 heteroatoms. The first-order valence-electron chi connectivity index (χ1n) is 4.15. The lowest BCUT2D eigenvalue weighted by atomic mass is 10.4. The van der Waals surface area contributed by atoms with Gasteiger partial charge in [-0.15, -0.1) is 0 Å². The van der Waals surface area contributed by atoms with Gasteiger partial charge in [-0.25, -0.2) is 14.5 Å². The average molecular weight is 205 g/mol. The molecule has 2 aromatic rings. The molecule has 0 atom stereocenters. The van der Waals surface area contributed by atoms with Crippen molar-refractivity contribution in [1.82, 2.24) is 14.8 Å². The van der Waals surface area contributed by atoms with Crippen LogP contribution in [-0.2, 0) is 0 Å². The van der Waals surface area contributed by atoms with Gasteiger partial charge in [0.1, 0.15) is 5.56 Å². The van der Waals surface area contributed by atoms with E-state index in [9.17, 15) is 9.59 Å². The number of hydrogen-bond acceptors (Lipinski definition) is 3. The molecule has 0 saturated heterocycles. The van der Waals surface area contributed by atoms with Crippen molar-refractivity contribution >= 4 is 5.97 Å². The van der Waals surface area contributed by atoms with E-state index in [0.29, 0.717) is 5.82 Å². The summed E-state index contributed by atoms with van der Waals surface area (Å²) in [4.78, 5) is 26.1. The molecule has 2 rings (SSSR count). The zero-order chi connectivity index (χ0) is 10.8. The highest BCUT2D eigenvalue weighted by Gasteiger charge is 2.13. The molecule has 0 amide bonds. The molecule has 76 valence electrons. The number of pyridine rings is 1. The Morgan fingerprint density at radius 1 is 1.47 bits per heavy atom. The van der Waals surface area contributed by atoms with Gasteiger partial charge in [0.15, 0.2) is 5.82 Å². The molecule has 6 nitrogen and oxygen atoms in total. The maximum atomic E-state index is 11.5. The number of hydrogen-bond donors (Lipinski definition) is 2. The minimum Gasteiger partial charge on any atom is -0.477 e. The van der Waals surface area contributed by atoms with E-state index in [1.165, 1.54) is 6.20 Å². The van der Waals surface area contributed by atoms with Crippen molar-refractivity contribution in [2.45, 2.75) is 0 Å². The summed E-state index contributed by atoms with van der Waals surface area (Å²) in [5, 5.41) is 11.2. The number of aromatic carboxylic acids is 1. The molecule has 2 heterocycles. The fourth-order valence-corrected chi connectivity index (χ4v) is 1.18. The van der Waals surface area contributed by atoms with Gasteiger partial charge in [-0.2, -0.15) is 0 Å². The first-order chi connectivity index (χ1) is 7.20. The van der Waals surface area contributed by atoms with Crippen molar-refractivity contribution in [3.8, 4) is 5.82 Å². The third-order valence-corrected chi connectivity index (χ3v) is 1.88. The van der Waals surface area contributed by atoms with Gasteiger partial charge in [-0.1, -0.05) is 6.07 Å². The Kier molecular flexibility index (Phi) is 2.09. The number of carboxylic acid groups (broad SMARTS) is 1. The van der Waals surface area contributed by atoms with Crippen LogP contribution in [0.3, 0.4) is 0 Å². The van der Waals surface area contributed by atoms with Crippen LogP contribution in [0.25, 0.3) is 5.82 Å². The Balaban J connectivity index is 2.57. The first-order valence-corrected chi connectivity index (χ1v) is 4.15. The third-order valence-electron chi connectivity index (χ3n) is 1.88. The van der Waals surface area contributed by atoms with Crippen molar-refractivity contribution in [3.05, 3.63) is 46.5 Å². The maximum absolute atomic E-state index is 11.5. The van der Waals surface area contributed by atoms with Gasteiger partial charge < -0.3 is 5.11 Å². The minimum atomic E-state index is -1.26. The molecule has 0 unspecified atom stereocenters. The number of rotatable bonds is 2. The second-order valence-electron chi connectivity index (χ2n) is 2.82. The number of aromatic nitrogens is 3. The number of nitrogens with zero attached hydrogens (tertiary/aromatic N) is 2. The molecule has 0 saturated carbocycles. The summed E-state index contributed by atoms with van der Waals surface area (Å²) in [5.41, 5.74) is -0.929. The van der Waals surface area contributed by atoms with Crippen molar-refractivity contribution in [2.75, 3.05) is 0 Å². The van der Waals surface area contributed by atoms with E-state index in [0.717, 1.165) is 10.9 Å². The van der Waals surface area contributed by atoms with Gasteiger partial charge in [0, 0.05) is 12.4 Å². The lowest BCUT2D eigenvalue weighted by Gasteiger charge is -1.97. The van der Waals surface area contributed by atoms with Crippen molar-refractivity contribution in [3.63, 3.8) is 0 Å². The highest BCUT2D eigenvalue weighted by Crippen LogP contribution is 1.98. The van der Waals surface area contributed by atoms with Gasteiger partial charge in [0.2, 0.25) is 0 Å². The van der Waals surface area contributed by atoms with Crippen LogP contribution in [0.1, 0.15) is 10.4 Å². The lowest BCUT2D eigenvalue weighted by Crippen LogP contribution is -2.20. The Bertz CT molecular complexity index is 541. The smallest absolute Gasteiger partial charge is 0.342 e. The zero-order valence-corrected chi connectivity index (χ0v) is 7.54. The molecule has 0 fully saturated rings. The summed E-state index contributed by atoms with van der Waals surface area (Å²) in [5.74, 6) is -0.902. The number of carboxylic acids is 1. The molecular formula is C9H7N3O3. The minimum absolute atomic E-state index is 0.305. The zero-order valence-electron chi connectivity index (χ0n) is 7.54. The van der Waals surface area contributed by atoms with Crippen LogP contribution in [0.5, 0.6) is 0 Å².